The molecule has 2 rings (SSSR count). The molecule has 4 heteroatoms. The van der Waals surface area contributed by atoms with Crippen molar-refractivity contribution in [3.8, 4) is 0 Å². The lowest BCUT2D eigenvalue weighted by molar-refractivity contribution is -0.121. The highest BCUT2D eigenvalue weighted by Gasteiger charge is 2.26. The molecule has 0 heterocycles. The molecule has 0 spiro atoms. The smallest absolute Gasteiger partial charge is 0.234 e. The first-order chi connectivity index (χ1) is 9.20. The Balaban J connectivity index is 2.19. The highest BCUT2D eigenvalue weighted by atomic mass is 35.5. The second kappa shape index (κ2) is 6.92. The van der Waals surface area contributed by atoms with Gasteiger partial charge in [-0.25, -0.2) is 0 Å². The lowest BCUT2D eigenvalue weighted by Gasteiger charge is -2.31. The second-order valence-electron chi connectivity index (χ2n) is 5.20. The van der Waals surface area contributed by atoms with Gasteiger partial charge in [-0.05, 0) is 36.5 Å². The molecule has 1 aromatic carbocycles. The molecule has 0 radical (unpaired) electrons. The molecular weight excluding hydrogens is 260 g/mol. The molecule has 104 valence electrons. The van der Waals surface area contributed by atoms with E-state index in [2.05, 4.69) is 5.32 Å². The van der Waals surface area contributed by atoms with E-state index in [1.807, 2.05) is 24.3 Å². The Labute approximate surface area is 119 Å². The first-order valence-corrected chi connectivity index (χ1v) is 7.33. The van der Waals surface area contributed by atoms with E-state index in [0.717, 1.165) is 18.4 Å². The van der Waals surface area contributed by atoms with Crippen LogP contribution in [0.1, 0.15) is 43.7 Å². The van der Waals surface area contributed by atoms with Gasteiger partial charge in [0.25, 0.3) is 0 Å². The van der Waals surface area contributed by atoms with Crippen LogP contribution in [0.15, 0.2) is 24.3 Å². The monoisotopic (exact) mass is 280 g/mol. The summed E-state index contributed by atoms with van der Waals surface area (Å²) in [6, 6.07) is 7.80. The van der Waals surface area contributed by atoms with Crippen molar-refractivity contribution in [3.05, 3.63) is 34.9 Å². The van der Waals surface area contributed by atoms with E-state index in [4.69, 9.17) is 17.3 Å². The molecule has 1 amide bonds. The largest absolute Gasteiger partial charge is 0.348 e. The fourth-order valence-corrected chi connectivity index (χ4v) is 3.07. The summed E-state index contributed by atoms with van der Waals surface area (Å²) in [5, 5.41) is 3.77. The van der Waals surface area contributed by atoms with Crippen molar-refractivity contribution in [2.75, 3.05) is 6.54 Å². The van der Waals surface area contributed by atoms with Crippen LogP contribution in [0.2, 0.25) is 5.02 Å². The SMILES string of the molecule is NCC(=O)NC(c1cccc(Cl)c1)C1CCCCC1. The molecule has 3 nitrogen and oxygen atoms in total. The quantitative estimate of drug-likeness (QED) is 0.891. The summed E-state index contributed by atoms with van der Waals surface area (Å²) >= 11 is 6.06. The Hall–Kier alpha value is -1.06. The van der Waals surface area contributed by atoms with Crippen LogP contribution in [0, 0.1) is 5.92 Å². The van der Waals surface area contributed by atoms with Gasteiger partial charge in [0.05, 0.1) is 12.6 Å². The zero-order valence-electron chi connectivity index (χ0n) is 11.1. The topological polar surface area (TPSA) is 55.1 Å². The molecular formula is C15H21ClN2O. The average molecular weight is 281 g/mol. The summed E-state index contributed by atoms with van der Waals surface area (Å²) in [5.41, 5.74) is 6.50. The van der Waals surface area contributed by atoms with Crippen molar-refractivity contribution < 1.29 is 4.79 Å². The molecule has 0 saturated heterocycles. The molecule has 0 aliphatic heterocycles. The van der Waals surface area contributed by atoms with E-state index in [-0.39, 0.29) is 18.5 Å². The number of benzene rings is 1. The van der Waals surface area contributed by atoms with Gasteiger partial charge < -0.3 is 11.1 Å². The van der Waals surface area contributed by atoms with E-state index in [0.29, 0.717) is 10.9 Å². The Kier molecular flexibility index (Phi) is 5.23. The van der Waals surface area contributed by atoms with E-state index in [1.54, 1.807) is 0 Å². The lowest BCUT2D eigenvalue weighted by atomic mass is 9.81. The first kappa shape index (κ1) is 14.4. The van der Waals surface area contributed by atoms with Crippen LogP contribution < -0.4 is 11.1 Å². The summed E-state index contributed by atoms with van der Waals surface area (Å²) in [6.45, 7) is 0.0315. The minimum atomic E-state index is -0.101. The van der Waals surface area contributed by atoms with Crippen LogP contribution in [0.25, 0.3) is 0 Å². The zero-order chi connectivity index (χ0) is 13.7. The highest BCUT2D eigenvalue weighted by Crippen LogP contribution is 2.35. The van der Waals surface area contributed by atoms with Gasteiger partial charge in [0, 0.05) is 5.02 Å². The molecule has 1 aromatic rings. The number of halogens is 1. The molecule has 0 bridgehead atoms. The fraction of sp³-hybridized carbons (Fsp3) is 0.533. The van der Waals surface area contributed by atoms with E-state index in [1.165, 1.54) is 19.3 Å². The Bertz CT molecular complexity index is 430. The van der Waals surface area contributed by atoms with Crippen LogP contribution in [-0.2, 0) is 4.79 Å². The number of hydrogen-bond acceptors (Lipinski definition) is 2. The third-order valence-corrected chi connectivity index (χ3v) is 4.07. The molecule has 3 N–H and O–H groups in total. The van der Waals surface area contributed by atoms with Crippen molar-refractivity contribution in [1.82, 2.24) is 5.32 Å². The normalized spacial score (nSPS) is 18.0. The summed E-state index contributed by atoms with van der Waals surface area (Å²) in [5.74, 6) is 0.387. The van der Waals surface area contributed by atoms with Crippen LogP contribution in [0.3, 0.4) is 0 Å². The number of hydrogen-bond donors (Lipinski definition) is 2. The van der Waals surface area contributed by atoms with Gasteiger partial charge in [-0.3, -0.25) is 4.79 Å². The number of amides is 1. The van der Waals surface area contributed by atoms with Gasteiger partial charge in [-0.15, -0.1) is 0 Å². The Morgan fingerprint density at radius 2 is 2.11 bits per heavy atom. The summed E-state index contributed by atoms with van der Waals surface area (Å²) in [6.07, 6.45) is 6.08. The van der Waals surface area contributed by atoms with Gasteiger partial charge in [0.1, 0.15) is 0 Å². The van der Waals surface area contributed by atoms with Crippen molar-refractivity contribution in [2.45, 2.75) is 38.1 Å². The van der Waals surface area contributed by atoms with E-state index >= 15 is 0 Å². The maximum Gasteiger partial charge on any atom is 0.234 e. The van der Waals surface area contributed by atoms with Crippen LogP contribution in [0.4, 0.5) is 0 Å². The Morgan fingerprint density at radius 3 is 2.74 bits per heavy atom. The molecule has 1 aliphatic rings. The molecule has 1 fully saturated rings. The molecule has 19 heavy (non-hydrogen) atoms. The molecule has 1 unspecified atom stereocenters. The average Bonchev–Trinajstić information content (AvgIpc) is 2.45. The van der Waals surface area contributed by atoms with Crippen molar-refractivity contribution in [2.24, 2.45) is 11.7 Å². The highest BCUT2D eigenvalue weighted by molar-refractivity contribution is 6.30. The van der Waals surface area contributed by atoms with Crippen LogP contribution >= 0.6 is 11.6 Å². The minimum absolute atomic E-state index is 0.0315. The number of carbonyl (C=O) groups is 1. The number of nitrogens with one attached hydrogen (secondary N) is 1. The standard InChI is InChI=1S/C15H21ClN2O/c16-13-8-4-7-12(9-13)15(18-14(19)10-17)11-5-2-1-3-6-11/h4,7-9,11,15H,1-3,5-6,10,17H2,(H,18,19). The van der Waals surface area contributed by atoms with Crippen molar-refractivity contribution >= 4 is 17.5 Å². The second-order valence-corrected chi connectivity index (χ2v) is 5.64. The van der Waals surface area contributed by atoms with Crippen LogP contribution in [-0.4, -0.2) is 12.5 Å². The predicted octanol–water partition coefficient (Wildman–Crippen LogP) is 3.04. The maximum atomic E-state index is 11.7. The third kappa shape index (κ3) is 3.95. The van der Waals surface area contributed by atoms with Crippen molar-refractivity contribution in [1.29, 1.82) is 0 Å². The van der Waals surface area contributed by atoms with Crippen LogP contribution in [0.5, 0.6) is 0 Å². The first-order valence-electron chi connectivity index (χ1n) is 6.95. The van der Waals surface area contributed by atoms with Crippen molar-refractivity contribution in [3.63, 3.8) is 0 Å². The number of nitrogens with two attached hydrogens (primary N) is 1. The Morgan fingerprint density at radius 1 is 1.37 bits per heavy atom. The summed E-state index contributed by atoms with van der Waals surface area (Å²) in [4.78, 5) is 11.7. The molecule has 1 aliphatic carbocycles. The van der Waals surface area contributed by atoms with Gasteiger partial charge in [-0.2, -0.15) is 0 Å². The molecule has 1 saturated carbocycles. The third-order valence-electron chi connectivity index (χ3n) is 3.83. The molecule has 0 aromatic heterocycles. The van der Waals surface area contributed by atoms with E-state index in [9.17, 15) is 4.79 Å². The fourth-order valence-electron chi connectivity index (χ4n) is 2.87. The number of rotatable bonds is 4. The predicted molar refractivity (Wildman–Crippen MR) is 78.0 cm³/mol. The van der Waals surface area contributed by atoms with E-state index < -0.39 is 0 Å². The maximum absolute atomic E-state index is 11.7. The zero-order valence-corrected chi connectivity index (χ0v) is 11.8. The summed E-state index contributed by atoms with van der Waals surface area (Å²) in [7, 11) is 0. The van der Waals surface area contributed by atoms with Gasteiger partial charge in [-0.1, -0.05) is 43.0 Å². The van der Waals surface area contributed by atoms with Gasteiger partial charge in [0.2, 0.25) is 5.91 Å². The lowest BCUT2D eigenvalue weighted by Crippen LogP contribution is -2.37. The molecule has 1 atom stereocenters. The summed E-state index contributed by atoms with van der Waals surface area (Å²) < 4.78 is 0. The van der Waals surface area contributed by atoms with Gasteiger partial charge >= 0.3 is 0 Å². The van der Waals surface area contributed by atoms with Gasteiger partial charge in [0.15, 0.2) is 0 Å². The minimum Gasteiger partial charge on any atom is -0.348 e. The number of carbonyl (C=O) groups excluding carboxylic acids is 1.